The number of aliphatic carboxylic acids is 1. The number of anilines is 1. The lowest BCUT2D eigenvalue weighted by atomic mass is 9.73. The van der Waals surface area contributed by atoms with E-state index in [1.165, 1.54) is 10.5 Å². The number of amides is 1. The number of likely N-dealkylation sites (tertiary alicyclic amines) is 1. The molecule has 8 heteroatoms. The molecule has 1 atom stereocenters. The first-order chi connectivity index (χ1) is 16.5. The van der Waals surface area contributed by atoms with Crippen LogP contribution in [0.4, 0.5) is 5.69 Å². The van der Waals surface area contributed by atoms with Gasteiger partial charge in [0.25, 0.3) is 0 Å². The fourth-order valence-corrected chi connectivity index (χ4v) is 5.99. The van der Waals surface area contributed by atoms with Gasteiger partial charge in [0.1, 0.15) is 6.04 Å². The molecule has 1 N–H and O–H groups in total. The second-order valence-corrected chi connectivity index (χ2v) is 9.83. The topological polar surface area (TPSA) is 73.3 Å². The number of piperidine rings is 1. The van der Waals surface area contributed by atoms with Crippen molar-refractivity contribution < 1.29 is 19.4 Å². The van der Waals surface area contributed by atoms with Crippen molar-refractivity contribution in [2.24, 2.45) is 0 Å². The number of nitrogens with zero attached hydrogens (tertiary/aromatic N) is 3. The summed E-state index contributed by atoms with van der Waals surface area (Å²) in [6.07, 6.45) is 1.24. The van der Waals surface area contributed by atoms with E-state index in [-0.39, 0.29) is 12.5 Å². The summed E-state index contributed by atoms with van der Waals surface area (Å²) >= 11 is 6.70. The summed E-state index contributed by atoms with van der Waals surface area (Å²) in [6, 6.07) is 14.8. The minimum absolute atomic E-state index is 0.129. The number of carbonyl (C=O) groups excluding carboxylic acids is 1. The Hall–Kier alpha value is -2.45. The van der Waals surface area contributed by atoms with Crippen molar-refractivity contribution in [3.63, 3.8) is 0 Å². The van der Waals surface area contributed by atoms with Crippen LogP contribution in [-0.2, 0) is 26.3 Å². The minimum atomic E-state index is -0.996. The maximum absolute atomic E-state index is 14.1. The van der Waals surface area contributed by atoms with Crippen molar-refractivity contribution in [1.29, 1.82) is 0 Å². The van der Waals surface area contributed by atoms with Crippen LogP contribution in [0.1, 0.15) is 24.0 Å². The van der Waals surface area contributed by atoms with Crippen LogP contribution in [0.15, 0.2) is 48.5 Å². The van der Waals surface area contributed by atoms with Gasteiger partial charge in [0, 0.05) is 36.8 Å². The molecule has 1 amide bonds. The van der Waals surface area contributed by atoms with E-state index < -0.39 is 17.4 Å². The second kappa shape index (κ2) is 9.66. The molecule has 1 spiro atoms. The summed E-state index contributed by atoms with van der Waals surface area (Å²) in [6.45, 7) is 5.07. The van der Waals surface area contributed by atoms with Crippen LogP contribution in [0, 0.1) is 0 Å². The highest BCUT2D eigenvalue weighted by molar-refractivity contribution is 6.33. The number of halogens is 1. The van der Waals surface area contributed by atoms with Gasteiger partial charge in [0.2, 0.25) is 5.91 Å². The molecule has 0 radical (unpaired) electrons. The van der Waals surface area contributed by atoms with Gasteiger partial charge in [0.15, 0.2) is 0 Å². The molecule has 0 saturated carbocycles. The molecule has 3 aliphatic rings. The summed E-state index contributed by atoms with van der Waals surface area (Å²) in [5, 5.41) is 10.7. The third-order valence-electron chi connectivity index (χ3n) is 7.45. The first kappa shape index (κ1) is 23.3. The SMILES string of the molecule is O=C(O)C(CN1CCOCC1)N1C(=O)C2(CCN(Cc3ccccc3)CC2)c2c(Cl)cccc21. The molecule has 1 unspecified atom stereocenters. The number of hydrogen-bond donors (Lipinski definition) is 1. The lowest BCUT2D eigenvalue weighted by molar-refractivity contribution is -0.141. The standard InChI is InChI=1S/C26H30ClN3O4/c27-20-7-4-8-21-23(20)26(9-11-28(12-10-26)17-19-5-2-1-3-6-19)25(33)30(21)22(24(31)32)18-29-13-15-34-16-14-29/h1-8,22H,9-18H2,(H,31,32). The average Bonchev–Trinajstić information content (AvgIpc) is 3.09. The van der Waals surface area contributed by atoms with Gasteiger partial charge in [-0.1, -0.05) is 48.0 Å². The van der Waals surface area contributed by atoms with E-state index >= 15 is 0 Å². The molecule has 0 aliphatic carbocycles. The minimum Gasteiger partial charge on any atom is -0.480 e. The van der Waals surface area contributed by atoms with E-state index in [0.717, 1.165) is 25.2 Å². The van der Waals surface area contributed by atoms with Gasteiger partial charge in [-0.25, -0.2) is 4.79 Å². The Morgan fingerprint density at radius 1 is 1.00 bits per heavy atom. The Bertz CT molecular complexity index is 1050. The maximum atomic E-state index is 14.1. The number of hydrogen-bond acceptors (Lipinski definition) is 5. The van der Waals surface area contributed by atoms with E-state index in [0.29, 0.717) is 49.9 Å². The fraction of sp³-hybridized carbons (Fsp3) is 0.462. The molecule has 2 saturated heterocycles. The smallest absolute Gasteiger partial charge is 0.328 e. The van der Waals surface area contributed by atoms with Gasteiger partial charge in [-0.15, -0.1) is 0 Å². The number of rotatable bonds is 6. The van der Waals surface area contributed by atoms with E-state index in [9.17, 15) is 14.7 Å². The predicted molar refractivity (Wildman–Crippen MR) is 130 cm³/mol. The molecule has 34 heavy (non-hydrogen) atoms. The highest BCUT2D eigenvalue weighted by Crippen LogP contribution is 2.51. The van der Waals surface area contributed by atoms with Gasteiger partial charge in [-0.05, 0) is 43.6 Å². The molecule has 0 bridgehead atoms. The molecule has 5 rings (SSSR count). The summed E-state index contributed by atoms with van der Waals surface area (Å²) in [5.41, 5.74) is 1.91. The van der Waals surface area contributed by atoms with Crippen LogP contribution in [0.3, 0.4) is 0 Å². The van der Waals surface area contributed by atoms with E-state index in [2.05, 4.69) is 21.9 Å². The quantitative estimate of drug-likeness (QED) is 0.681. The van der Waals surface area contributed by atoms with E-state index in [1.807, 2.05) is 30.3 Å². The fourth-order valence-electron chi connectivity index (χ4n) is 5.64. The molecular formula is C26H30ClN3O4. The largest absolute Gasteiger partial charge is 0.480 e. The Morgan fingerprint density at radius 3 is 2.38 bits per heavy atom. The van der Waals surface area contributed by atoms with Gasteiger partial charge < -0.3 is 9.84 Å². The number of carbonyl (C=O) groups is 2. The zero-order valence-corrected chi connectivity index (χ0v) is 19.9. The lowest BCUT2D eigenvalue weighted by Gasteiger charge is -2.39. The lowest BCUT2D eigenvalue weighted by Crippen LogP contribution is -2.56. The number of fused-ring (bicyclic) bond motifs is 2. The van der Waals surface area contributed by atoms with Crippen LogP contribution in [-0.4, -0.2) is 78.8 Å². The Balaban J connectivity index is 1.42. The first-order valence-electron chi connectivity index (χ1n) is 11.9. The van der Waals surface area contributed by atoms with Crippen molar-refractivity contribution >= 4 is 29.2 Å². The molecule has 3 aliphatic heterocycles. The van der Waals surface area contributed by atoms with Crippen LogP contribution in [0.5, 0.6) is 0 Å². The summed E-state index contributed by atoms with van der Waals surface area (Å²) in [7, 11) is 0. The second-order valence-electron chi connectivity index (χ2n) is 9.42. The third-order valence-corrected chi connectivity index (χ3v) is 7.76. The zero-order valence-electron chi connectivity index (χ0n) is 19.2. The number of carboxylic acids is 1. The number of carboxylic acid groups (broad SMARTS) is 1. The van der Waals surface area contributed by atoms with Crippen LogP contribution < -0.4 is 4.90 Å². The van der Waals surface area contributed by atoms with Crippen molar-refractivity contribution in [3.8, 4) is 0 Å². The van der Waals surface area contributed by atoms with Crippen LogP contribution in [0.25, 0.3) is 0 Å². The first-order valence-corrected chi connectivity index (χ1v) is 12.3. The summed E-state index contributed by atoms with van der Waals surface area (Å²) in [5.74, 6) is -1.13. The monoisotopic (exact) mass is 483 g/mol. The van der Waals surface area contributed by atoms with Gasteiger partial charge in [-0.2, -0.15) is 0 Å². The highest BCUT2D eigenvalue weighted by Gasteiger charge is 2.55. The molecule has 2 fully saturated rings. The summed E-state index contributed by atoms with van der Waals surface area (Å²) < 4.78 is 5.41. The molecular weight excluding hydrogens is 454 g/mol. The number of morpholine rings is 1. The van der Waals surface area contributed by atoms with E-state index in [4.69, 9.17) is 16.3 Å². The maximum Gasteiger partial charge on any atom is 0.328 e. The number of ether oxygens (including phenoxy) is 1. The van der Waals surface area contributed by atoms with Crippen LogP contribution >= 0.6 is 11.6 Å². The van der Waals surface area contributed by atoms with E-state index in [1.54, 1.807) is 6.07 Å². The Morgan fingerprint density at radius 2 is 1.71 bits per heavy atom. The van der Waals surface area contributed by atoms with Gasteiger partial charge in [-0.3, -0.25) is 19.5 Å². The highest BCUT2D eigenvalue weighted by atomic mass is 35.5. The van der Waals surface area contributed by atoms with Crippen molar-refractivity contribution in [2.75, 3.05) is 50.8 Å². The van der Waals surface area contributed by atoms with Crippen molar-refractivity contribution in [2.45, 2.75) is 30.8 Å². The normalized spacial score (nSPS) is 21.6. The number of benzene rings is 2. The summed E-state index contributed by atoms with van der Waals surface area (Å²) in [4.78, 5) is 32.5. The van der Waals surface area contributed by atoms with Gasteiger partial charge in [0.05, 0.1) is 24.3 Å². The van der Waals surface area contributed by atoms with Crippen molar-refractivity contribution in [3.05, 3.63) is 64.7 Å². The zero-order chi connectivity index (χ0) is 23.7. The molecule has 3 heterocycles. The predicted octanol–water partition coefficient (Wildman–Crippen LogP) is 3.01. The molecule has 7 nitrogen and oxygen atoms in total. The molecule has 2 aromatic carbocycles. The molecule has 2 aromatic rings. The Kier molecular flexibility index (Phi) is 6.62. The Labute approximate surface area is 204 Å². The average molecular weight is 484 g/mol. The van der Waals surface area contributed by atoms with Gasteiger partial charge >= 0.3 is 5.97 Å². The van der Waals surface area contributed by atoms with Crippen molar-refractivity contribution in [1.82, 2.24) is 9.80 Å². The van der Waals surface area contributed by atoms with Crippen LogP contribution in [0.2, 0.25) is 5.02 Å². The third kappa shape index (κ3) is 4.22. The molecule has 0 aromatic heterocycles. The molecule has 180 valence electrons.